The zero-order valence-electron chi connectivity index (χ0n) is 8.90. The number of benzene rings is 1. The van der Waals surface area contributed by atoms with E-state index in [0.717, 1.165) is 10.0 Å². The lowest BCUT2D eigenvalue weighted by Gasteiger charge is -2.11. The number of hydrogen-bond acceptors (Lipinski definition) is 1. The topological polar surface area (TPSA) is 29.1 Å². The molecule has 0 bridgehead atoms. The van der Waals surface area contributed by atoms with Crippen molar-refractivity contribution >= 4 is 39.1 Å². The summed E-state index contributed by atoms with van der Waals surface area (Å²) in [7, 11) is 0. The first-order chi connectivity index (χ1) is 6.91. The van der Waals surface area contributed by atoms with Gasteiger partial charge in [-0.05, 0) is 40.5 Å². The van der Waals surface area contributed by atoms with Crippen molar-refractivity contribution in [3.05, 3.63) is 27.2 Å². The van der Waals surface area contributed by atoms with E-state index < -0.39 is 0 Å². The Morgan fingerprint density at radius 2 is 2.07 bits per heavy atom. The van der Waals surface area contributed by atoms with Crippen molar-refractivity contribution in [2.75, 3.05) is 5.32 Å². The summed E-state index contributed by atoms with van der Waals surface area (Å²) in [6.45, 7) is 5.61. The quantitative estimate of drug-likeness (QED) is 0.876. The van der Waals surface area contributed by atoms with Crippen molar-refractivity contribution < 1.29 is 4.79 Å². The van der Waals surface area contributed by atoms with E-state index in [1.165, 1.54) is 0 Å². The third kappa shape index (κ3) is 3.21. The van der Waals surface area contributed by atoms with Gasteiger partial charge in [0.2, 0.25) is 5.91 Å². The molecule has 0 aromatic heterocycles. The van der Waals surface area contributed by atoms with Gasteiger partial charge in [-0.25, -0.2) is 0 Å². The van der Waals surface area contributed by atoms with Gasteiger partial charge in [0, 0.05) is 15.4 Å². The van der Waals surface area contributed by atoms with E-state index in [2.05, 4.69) is 21.2 Å². The van der Waals surface area contributed by atoms with Crippen LogP contribution in [0.3, 0.4) is 0 Å². The van der Waals surface area contributed by atoms with Crippen LogP contribution in [0.4, 0.5) is 5.69 Å². The Balaban J connectivity index is 2.96. The fraction of sp³-hybridized carbons (Fsp3) is 0.364. The maximum Gasteiger partial charge on any atom is 0.226 e. The van der Waals surface area contributed by atoms with E-state index in [1.807, 2.05) is 26.8 Å². The van der Waals surface area contributed by atoms with E-state index in [1.54, 1.807) is 6.07 Å². The minimum absolute atomic E-state index is 0.0179. The largest absolute Gasteiger partial charge is 0.325 e. The summed E-state index contributed by atoms with van der Waals surface area (Å²) in [6, 6.07) is 3.64. The van der Waals surface area contributed by atoms with E-state index >= 15 is 0 Å². The maximum absolute atomic E-state index is 11.5. The third-order valence-corrected chi connectivity index (χ3v) is 3.09. The molecule has 0 aliphatic carbocycles. The molecule has 1 aromatic rings. The predicted octanol–water partition coefficient (Wildman–Crippen LogP) is 4.01. The zero-order valence-corrected chi connectivity index (χ0v) is 11.2. The standard InChI is InChI=1S/C11H13BrClNO/c1-6(2)11(15)14-10-5-9(13)7(3)4-8(10)12/h4-6H,1-3H3,(H,14,15). The highest BCUT2D eigenvalue weighted by Crippen LogP contribution is 2.29. The second-order valence-corrected chi connectivity index (χ2v) is 4.99. The number of carbonyl (C=O) groups is 1. The summed E-state index contributed by atoms with van der Waals surface area (Å²) in [6.07, 6.45) is 0. The Labute approximate surface area is 103 Å². The number of rotatable bonds is 2. The van der Waals surface area contributed by atoms with Gasteiger partial charge in [-0.1, -0.05) is 25.4 Å². The van der Waals surface area contributed by atoms with Gasteiger partial charge in [-0.2, -0.15) is 0 Å². The normalized spacial score (nSPS) is 10.5. The number of anilines is 1. The van der Waals surface area contributed by atoms with Gasteiger partial charge < -0.3 is 5.32 Å². The summed E-state index contributed by atoms with van der Waals surface area (Å²) in [5, 5.41) is 3.46. The van der Waals surface area contributed by atoms with Gasteiger partial charge in [0.15, 0.2) is 0 Å². The molecule has 0 aliphatic heterocycles. The lowest BCUT2D eigenvalue weighted by Crippen LogP contribution is -2.18. The molecule has 4 heteroatoms. The smallest absolute Gasteiger partial charge is 0.226 e. The van der Waals surface area contributed by atoms with E-state index in [4.69, 9.17) is 11.6 Å². The Kier molecular flexibility index (Phi) is 4.17. The summed E-state index contributed by atoms with van der Waals surface area (Å²) < 4.78 is 0.846. The van der Waals surface area contributed by atoms with Gasteiger partial charge in [0.25, 0.3) is 0 Å². The van der Waals surface area contributed by atoms with Gasteiger partial charge in [0.05, 0.1) is 5.69 Å². The van der Waals surface area contributed by atoms with Crippen molar-refractivity contribution in [2.24, 2.45) is 5.92 Å². The van der Waals surface area contributed by atoms with Crippen LogP contribution >= 0.6 is 27.5 Å². The SMILES string of the molecule is Cc1cc(Br)c(NC(=O)C(C)C)cc1Cl. The van der Waals surface area contributed by atoms with Crippen LogP contribution in [0.2, 0.25) is 5.02 Å². The van der Waals surface area contributed by atoms with Crippen molar-refractivity contribution in [3.8, 4) is 0 Å². The van der Waals surface area contributed by atoms with Crippen LogP contribution < -0.4 is 5.32 Å². The van der Waals surface area contributed by atoms with Crippen LogP contribution in [0.1, 0.15) is 19.4 Å². The average Bonchev–Trinajstić information content (AvgIpc) is 2.13. The summed E-state index contributed by atoms with van der Waals surface area (Å²) in [4.78, 5) is 11.5. The molecule has 1 amide bonds. The second-order valence-electron chi connectivity index (χ2n) is 3.73. The highest BCUT2D eigenvalue weighted by Gasteiger charge is 2.10. The van der Waals surface area contributed by atoms with Crippen molar-refractivity contribution in [1.29, 1.82) is 0 Å². The van der Waals surface area contributed by atoms with Crippen molar-refractivity contribution in [1.82, 2.24) is 0 Å². The molecule has 1 N–H and O–H groups in total. The molecule has 0 spiro atoms. The lowest BCUT2D eigenvalue weighted by molar-refractivity contribution is -0.118. The van der Waals surface area contributed by atoms with Gasteiger partial charge >= 0.3 is 0 Å². The molecular formula is C11H13BrClNO. The van der Waals surface area contributed by atoms with Gasteiger partial charge in [-0.15, -0.1) is 0 Å². The third-order valence-electron chi connectivity index (χ3n) is 2.03. The molecule has 0 fully saturated rings. The number of nitrogens with one attached hydrogen (secondary N) is 1. The number of halogens is 2. The van der Waals surface area contributed by atoms with Crippen molar-refractivity contribution in [2.45, 2.75) is 20.8 Å². The molecule has 0 saturated heterocycles. The van der Waals surface area contributed by atoms with Gasteiger partial charge in [0.1, 0.15) is 0 Å². The van der Waals surface area contributed by atoms with E-state index in [9.17, 15) is 4.79 Å². The summed E-state index contributed by atoms with van der Waals surface area (Å²) in [5.74, 6) is -0.0624. The second kappa shape index (κ2) is 4.99. The molecule has 1 aromatic carbocycles. The van der Waals surface area contributed by atoms with Crippen molar-refractivity contribution in [3.63, 3.8) is 0 Å². The predicted molar refractivity (Wildman–Crippen MR) is 67.4 cm³/mol. The fourth-order valence-corrected chi connectivity index (χ4v) is 1.74. The summed E-state index contributed by atoms with van der Waals surface area (Å²) >= 11 is 9.36. The summed E-state index contributed by atoms with van der Waals surface area (Å²) in [5.41, 5.74) is 1.69. The van der Waals surface area contributed by atoms with Crippen LogP contribution in [0.5, 0.6) is 0 Å². The first kappa shape index (κ1) is 12.5. The van der Waals surface area contributed by atoms with Crippen LogP contribution in [-0.4, -0.2) is 5.91 Å². The zero-order chi connectivity index (χ0) is 11.6. The fourth-order valence-electron chi connectivity index (χ4n) is 1.02. The van der Waals surface area contributed by atoms with E-state index in [0.29, 0.717) is 10.7 Å². The first-order valence-electron chi connectivity index (χ1n) is 4.68. The number of carbonyl (C=O) groups excluding carboxylic acids is 1. The molecule has 0 saturated carbocycles. The van der Waals surface area contributed by atoms with E-state index in [-0.39, 0.29) is 11.8 Å². The van der Waals surface area contributed by atoms with Crippen LogP contribution in [0, 0.1) is 12.8 Å². The molecule has 0 radical (unpaired) electrons. The van der Waals surface area contributed by atoms with Gasteiger partial charge in [-0.3, -0.25) is 4.79 Å². The Morgan fingerprint density at radius 1 is 1.47 bits per heavy atom. The van der Waals surface area contributed by atoms with Crippen LogP contribution in [0.15, 0.2) is 16.6 Å². The molecule has 0 unspecified atom stereocenters. The number of amides is 1. The molecule has 15 heavy (non-hydrogen) atoms. The molecule has 0 aliphatic rings. The van der Waals surface area contributed by atoms with Crippen LogP contribution in [-0.2, 0) is 4.79 Å². The Hall–Kier alpha value is -0.540. The number of hydrogen-bond donors (Lipinski definition) is 1. The highest BCUT2D eigenvalue weighted by molar-refractivity contribution is 9.10. The number of aryl methyl sites for hydroxylation is 1. The molecular weight excluding hydrogens is 277 g/mol. The molecule has 0 atom stereocenters. The molecule has 82 valence electrons. The minimum atomic E-state index is -0.0445. The lowest BCUT2D eigenvalue weighted by atomic mass is 10.2. The minimum Gasteiger partial charge on any atom is -0.325 e. The molecule has 1 rings (SSSR count). The Bertz CT molecular complexity index is 390. The molecule has 2 nitrogen and oxygen atoms in total. The van der Waals surface area contributed by atoms with Crippen LogP contribution in [0.25, 0.3) is 0 Å². The highest BCUT2D eigenvalue weighted by atomic mass is 79.9. The maximum atomic E-state index is 11.5. The Morgan fingerprint density at radius 3 is 2.60 bits per heavy atom. The monoisotopic (exact) mass is 289 g/mol. The molecule has 0 heterocycles. The average molecular weight is 291 g/mol. The first-order valence-corrected chi connectivity index (χ1v) is 5.85.